The predicted octanol–water partition coefficient (Wildman–Crippen LogP) is 3.04. The monoisotopic (exact) mass is 327 g/mol. The maximum Gasteiger partial charge on any atom is 0.262 e. The third-order valence-corrected chi connectivity index (χ3v) is 3.87. The number of nitrogens with one attached hydrogen (secondary N) is 2. The summed E-state index contributed by atoms with van der Waals surface area (Å²) in [5.74, 6) is 0.711. The molecule has 0 bridgehead atoms. The van der Waals surface area contributed by atoms with E-state index in [2.05, 4.69) is 24.5 Å². The van der Waals surface area contributed by atoms with Gasteiger partial charge >= 0.3 is 0 Å². The molecule has 6 nitrogen and oxygen atoms in total. The van der Waals surface area contributed by atoms with E-state index < -0.39 is 0 Å². The summed E-state index contributed by atoms with van der Waals surface area (Å²) in [4.78, 5) is 24.0. The van der Waals surface area contributed by atoms with Crippen molar-refractivity contribution in [1.29, 1.82) is 0 Å². The smallest absolute Gasteiger partial charge is 0.262 e. The summed E-state index contributed by atoms with van der Waals surface area (Å²) in [7, 11) is 0. The van der Waals surface area contributed by atoms with Gasteiger partial charge in [-0.3, -0.25) is 9.59 Å². The fraction of sp³-hybridized carbons (Fsp3) is 0.333. The number of aromatic nitrogens is 1. The molecule has 2 N–H and O–H groups in total. The van der Waals surface area contributed by atoms with E-state index >= 15 is 0 Å². The van der Waals surface area contributed by atoms with Gasteiger partial charge in [0.25, 0.3) is 5.91 Å². The van der Waals surface area contributed by atoms with E-state index in [1.54, 1.807) is 18.2 Å². The second kappa shape index (κ2) is 6.78. The van der Waals surface area contributed by atoms with Gasteiger partial charge in [-0.15, -0.1) is 0 Å². The SMILES string of the molecule is CC(C)C[C@H](C(=O)Nc1ccc2c(c1)OCC(=O)N2)n1cccc1. The fourth-order valence-corrected chi connectivity index (χ4v) is 2.74. The number of carbonyl (C=O) groups excluding carboxylic acids is 2. The molecule has 0 aliphatic carbocycles. The molecule has 0 fully saturated rings. The largest absolute Gasteiger partial charge is 0.482 e. The number of rotatable bonds is 5. The van der Waals surface area contributed by atoms with Crippen LogP contribution >= 0.6 is 0 Å². The van der Waals surface area contributed by atoms with Crippen LogP contribution in [0, 0.1) is 5.92 Å². The van der Waals surface area contributed by atoms with Crippen molar-refractivity contribution in [3.8, 4) is 5.75 Å². The predicted molar refractivity (Wildman–Crippen MR) is 92.1 cm³/mol. The molecule has 2 amide bonds. The molecule has 0 saturated heterocycles. The number of fused-ring (bicyclic) bond motifs is 1. The van der Waals surface area contributed by atoms with Gasteiger partial charge in [0.1, 0.15) is 11.8 Å². The van der Waals surface area contributed by atoms with Gasteiger partial charge in [0, 0.05) is 24.1 Å². The molecule has 0 spiro atoms. The zero-order valence-electron chi connectivity index (χ0n) is 13.8. The lowest BCUT2D eigenvalue weighted by molar-refractivity contribution is -0.120. The van der Waals surface area contributed by atoms with Crippen LogP contribution in [0.25, 0.3) is 0 Å². The Hall–Kier alpha value is -2.76. The van der Waals surface area contributed by atoms with Crippen molar-refractivity contribution in [1.82, 2.24) is 4.57 Å². The van der Waals surface area contributed by atoms with Crippen molar-refractivity contribution in [2.45, 2.75) is 26.3 Å². The number of ether oxygens (including phenoxy) is 1. The quantitative estimate of drug-likeness (QED) is 0.886. The first-order valence-corrected chi connectivity index (χ1v) is 8.03. The molecule has 0 saturated carbocycles. The summed E-state index contributed by atoms with van der Waals surface area (Å²) in [6.07, 6.45) is 4.55. The Bertz CT molecular complexity index is 738. The van der Waals surface area contributed by atoms with E-state index in [1.807, 2.05) is 29.1 Å². The average Bonchev–Trinajstić information content (AvgIpc) is 3.06. The normalized spacial score (nSPS) is 14.5. The van der Waals surface area contributed by atoms with E-state index in [9.17, 15) is 9.59 Å². The molecular formula is C18H21N3O3. The first-order valence-electron chi connectivity index (χ1n) is 8.03. The van der Waals surface area contributed by atoms with Gasteiger partial charge in [-0.25, -0.2) is 0 Å². The minimum Gasteiger partial charge on any atom is -0.482 e. The third kappa shape index (κ3) is 3.59. The van der Waals surface area contributed by atoms with Gasteiger partial charge in [0.2, 0.25) is 5.91 Å². The molecule has 3 rings (SSSR count). The average molecular weight is 327 g/mol. The highest BCUT2D eigenvalue weighted by Gasteiger charge is 2.22. The number of nitrogens with zero attached hydrogens (tertiary/aromatic N) is 1. The van der Waals surface area contributed by atoms with Crippen LogP contribution in [0.3, 0.4) is 0 Å². The maximum atomic E-state index is 12.7. The van der Waals surface area contributed by atoms with Crippen LogP contribution in [0.4, 0.5) is 11.4 Å². The summed E-state index contributed by atoms with van der Waals surface area (Å²) in [6.45, 7) is 4.18. The number of carbonyl (C=O) groups is 2. The highest BCUT2D eigenvalue weighted by atomic mass is 16.5. The highest BCUT2D eigenvalue weighted by Crippen LogP contribution is 2.31. The molecule has 1 aliphatic rings. The molecule has 1 atom stereocenters. The number of anilines is 2. The molecule has 0 radical (unpaired) electrons. The van der Waals surface area contributed by atoms with Crippen LogP contribution in [0.1, 0.15) is 26.3 Å². The van der Waals surface area contributed by atoms with E-state index in [0.29, 0.717) is 23.0 Å². The molecule has 1 aromatic heterocycles. The Labute approximate surface area is 140 Å². The Balaban J connectivity index is 1.76. The van der Waals surface area contributed by atoms with Gasteiger partial charge in [-0.05, 0) is 36.6 Å². The molecule has 1 aliphatic heterocycles. The van der Waals surface area contributed by atoms with E-state index in [4.69, 9.17) is 4.74 Å². The standard InChI is InChI=1S/C18H21N3O3/c1-12(2)9-15(21-7-3-4-8-21)18(23)19-13-5-6-14-16(10-13)24-11-17(22)20-14/h3-8,10,12,15H,9,11H2,1-2H3,(H,19,23)(H,20,22)/t15-/m1/s1. The fourth-order valence-electron chi connectivity index (χ4n) is 2.74. The van der Waals surface area contributed by atoms with Crippen LogP contribution in [0.5, 0.6) is 5.75 Å². The molecule has 1 aromatic carbocycles. The Morgan fingerprint density at radius 3 is 2.79 bits per heavy atom. The second-order valence-corrected chi connectivity index (χ2v) is 6.31. The van der Waals surface area contributed by atoms with Gasteiger partial charge in [-0.1, -0.05) is 13.8 Å². The number of hydrogen-bond acceptors (Lipinski definition) is 3. The van der Waals surface area contributed by atoms with Crippen molar-refractivity contribution < 1.29 is 14.3 Å². The lowest BCUT2D eigenvalue weighted by Gasteiger charge is -2.22. The lowest BCUT2D eigenvalue weighted by Crippen LogP contribution is -2.27. The van der Waals surface area contributed by atoms with Crippen molar-refractivity contribution in [3.05, 3.63) is 42.7 Å². The Morgan fingerprint density at radius 2 is 2.08 bits per heavy atom. The first-order chi connectivity index (χ1) is 11.5. The molecule has 126 valence electrons. The van der Waals surface area contributed by atoms with Crippen LogP contribution in [0.2, 0.25) is 0 Å². The minimum absolute atomic E-state index is 0.0102. The Kier molecular flexibility index (Phi) is 4.55. The first kappa shape index (κ1) is 16.1. The zero-order valence-corrected chi connectivity index (χ0v) is 13.8. The van der Waals surface area contributed by atoms with Gasteiger partial charge in [0.05, 0.1) is 5.69 Å². The number of hydrogen-bond donors (Lipinski definition) is 2. The van der Waals surface area contributed by atoms with Crippen molar-refractivity contribution >= 4 is 23.2 Å². The topological polar surface area (TPSA) is 72.4 Å². The second-order valence-electron chi connectivity index (χ2n) is 6.31. The number of amides is 2. The van der Waals surface area contributed by atoms with Crippen molar-refractivity contribution in [2.75, 3.05) is 17.2 Å². The summed E-state index contributed by atoms with van der Waals surface area (Å²) >= 11 is 0. The molecule has 6 heteroatoms. The van der Waals surface area contributed by atoms with Crippen LogP contribution < -0.4 is 15.4 Å². The van der Waals surface area contributed by atoms with Crippen LogP contribution in [-0.2, 0) is 9.59 Å². The molecule has 2 aromatic rings. The molecular weight excluding hydrogens is 306 g/mol. The van der Waals surface area contributed by atoms with Gasteiger partial charge in [-0.2, -0.15) is 0 Å². The van der Waals surface area contributed by atoms with Gasteiger partial charge in [0.15, 0.2) is 6.61 Å². The van der Waals surface area contributed by atoms with Crippen molar-refractivity contribution in [2.24, 2.45) is 5.92 Å². The van der Waals surface area contributed by atoms with Gasteiger partial charge < -0.3 is 19.9 Å². The highest BCUT2D eigenvalue weighted by molar-refractivity contribution is 5.97. The molecule has 2 heterocycles. The lowest BCUT2D eigenvalue weighted by atomic mass is 10.0. The molecule has 24 heavy (non-hydrogen) atoms. The van der Waals surface area contributed by atoms with E-state index in [0.717, 1.165) is 6.42 Å². The van der Waals surface area contributed by atoms with Crippen molar-refractivity contribution in [3.63, 3.8) is 0 Å². The Morgan fingerprint density at radius 1 is 1.33 bits per heavy atom. The third-order valence-electron chi connectivity index (χ3n) is 3.87. The van der Waals surface area contributed by atoms with E-state index in [-0.39, 0.29) is 24.5 Å². The summed E-state index contributed by atoms with van der Waals surface area (Å²) in [5.41, 5.74) is 1.27. The maximum absolute atomic E-state index is 12.7. The zero-order chi connectivity index (χ0) is 17.1. The minimum atomic E-state index is -0.267. The summed E-state index contributed by atoms with van der Waals surface area (Å²) in [6, 6.07) is 8.78. The van der Waals surface area contributed by atoms with E-state index in [1.165, 1.54) is 0 Å². The summed E-state index contributed by atoms with van der Waals surface area (Å²) < 4.78 is 7.31. The van der Waals surface area contributed by atoms with Crippen LogP contribution in [-0.4, -0.2) is 23.0 Å². The van der Waals surface area contributed by atoms with Crippen LogP contribution in [0.15, 0.2) is 42.7 Å². The summed E-state index contributed by atoms with van der Waals surface area (Å²) in [5, 5.41) is 5.68. The molecule has 0 unspecified atom stereocenters. The number of benzene rings is 1.